The lowest BCUT2D eigenvalue weighted by Gasteiger charge is -2.51. The number of carbonyl (C=O) groups is 3. The molecule has 1 aliphatic carbocycles. The van der Waals surface area contributed by atoms with Crippen molar-refractivity contribution >= 4 is 32.0 Å². The Balaban J connectivity index is 1.58. The van der Waals surface area contributed by atoms with Crippen molar-refractivity contribution in [3.05, 3.63) is 70.3 Å². The molecule has 2 bridgehead atoms. The molecule has 2 unspecified atom stereocenters. The summed E-state index contributed by atoms with van der Waals surface area (Å²) in [6, 6.07) is 13.3. The Labute approximate surface area is 330 Å². The van der Waals surface area contributed by atoms with E-state index in [1.807, 2.05) is 71.6 Å². The molecule has 11 heteroatoms. The summed E-state index contributed by atoms with van der Waals surface area (Å²) >= 11 is 0. The first kappa shape index (κ1) is 42.3. The van der Waals surface area contributed by atoms with Gasteiger partial charge in [-0.1, -0.05) is 57.2 Å². The predicted molar refractivity (Wildman–Crippen MR) is 220 cm³/mol. The Bertz CT molecular complexity index is 1760. The maximum atomic E-state index is 15.4. The van der Waals surface area contributed by atoms with E-state index in [0.717, 1.165) is 52.8 Å². The summed E-state index contributed by atoms with van der Waals surface area (Å²) in [5.41, 5.74) is 4.06. The molecule has 5 rings (SSSR count). The van der Waals surface area contributed by atoms with Crippen LogP contribution in [0.5, 0.6) is 5.75 Å². The molecular formula is C44H65N3O7Si. The molecule has 1 saturated heterocycles. The number of rotatable bonds is 10. The van der Waals surface area contributed by atoms with E-state index in [9.17, 15) is 9.59 Å². The van der Waals surface area contributed by atoms with Crippen LogP contribution in [0.2, 0.25) is 18.1 Å². The first-order valence-electron chi connectivity index (χ1n) is 19.9. The van der Waals surface area contributed by atoms with E-state index in [4.69, 9.17) is 18.6 Å². The summed E-state index contributed by atoms with van der Waals surface area (Å²) in [7, 11) is -0.222. The first-order valence-corrected chi connectivity index (χ1v) is 22.8. The Morgan fingerprint density at radius 3 is 2.04 bits per heavy atom. The summed E-state index contributed by atoms with van der Waals surface area (Å²) in [6.45, 7) is 25.8. The molecule has 2 fully saturated rings. The van der Waals surface area contributed by atoms with Crippen molar-refractivity contribution in [1.29, 1.82) is 0 Å². The van der Waals surface area contributed by atoms with Gasteiger partial charge in [0.05, 0.1) is 19.2 Å². The Morgan fingerprint density at radius 1 is 0.855 bits per heavy atom. The van der Waals surface area contributed by atoms with Crippen LogP contribution in [0, 0.1) is 6.92 Å². The average molecular weight is 776 g/mol. The number of hydrogen-bond acceptors (Lipinski definition) is 7. The summed E-state index contributed by atoms with van der Waals surface area (Å²) < 4.78 is 24.0. The van der Waals surface area contributed by atoms with Gasteiger partial charge in [0.25, 0.3) is 5.91 Å². The fraction of sp³-hybridized carbons (Fsp3) is 0.614. The van der Waals surface area contributed by atoms with Gasteiger partial charge in [-0.05, 0) is 126 Å². The van der Waals surface area contributed by atoms with Gasteiger partial charge in [-0.3, -0.25) is 9.69 Å². The van der Waals surface area contributed by atoms with Crippen molar-refractivity contribution in [2.75, 3.05) is 26.8 Å². The average Bonchev–Trinajstić information content (AvgIpc) is 3.90. The largest absolute Gasteiger partial charge is 0.496 e. The topological polar surface area (TPSA) is 97.9 Å². The molecule has 302 valence electrons. The van der Waals surface area contributed by atoms with Crippen molar-refractivity contribution < 1.29 is 33.0 Å². The van der Waals surface area contributed by atoms with Gasteiger partial charge in [0.1, 0.15) is 17.0 Å². The lowest BCUT2D eigenvalue weighted by atomic mass is 9.81. The third-order valence-corrected chi connectivity index (χ3v) is 15.8. The number of carbonyl (C=O) groups excluding carboxylic acids is 3. The molecule has 2 heterocycles. The smallest absolute Gasteiger partial charge is 0.411 e. The molecule has 0 N–H and O–H groups in total. The molecule has 3 aliphatic rings. The Kier molecular flexibility index (Phi) is 12.3. The number of nitrogens with zero attached hydrogens (tertiary/aromatic N) is 3. The second kappa shape index (κ2) is 16.0. The van der Waals surface area contributed by atoms with Gasteiger partial charge in [-0.25, -0.2) is 9.59 Å². The van der Waals surface area contributed by atoms with Crippen LogP contribution in [-0.2, 0) is 31.7 Å². The third kappa shape index (κ3) is 10.1. The quantitative estimate of drug-likeness (QED) is 0.222. The highest BCUT2D eigenvalue weighted by Crippen LogP contribution is 2.43. The third-order valence-electron chi connectivity index (χ3n) is 11.3. The van der Waals surface area contributed by atoms with Gasteiger partial charge in [0, 0.05) is 37.9 Å². The molecule has 0 radical (unpaired) electrons. The van der Waals surface area contributed by atoms with E-state index in [1.54, 1.807) is 16.9 Å². The minimum absolute atomic E-state index is 0.0633. The van der Waals surface area contributed by atoms with Gasteiger partial charge >= 0.3 is 12.2 Å². The molecule has 0 spiro atoms. The minimum atomic E-state index is -1.88. The van der Waals surface area contributed by atoms with E-state index in [1.165, 1.54) is 0 Å². The number of ether oxygens (including phenoxy) is 3. The summed E-state index contributed by atoms with van der Waals surface area (Å²) in [6.07, 6.45) is 2.01. The van der Waals surface area contributed by atoms with Crippen LogP contribution in [0.1, 0.15) is 104 Å². The molecule has 2 atom stereocenters. The molecule has 10 nitrogen and oxygen atoms in total. The van der Waals surface area contributed by atoms with Crippen LogP contribution < -0.4 is 4.74 Å². The number of fused-ring (bicyclic) bond motifs is 2. The number of methoxy groups -OCH3 is 1. The zero-order valence-corrected chi connectivity index (χ0v) is 36.6. The van der Waals surface area contributed by atoms with Crippen LogP contribution in [0.3, 0.4) is 0 Å². The maximum absolute atomic E-state index is 15.4. The second-order valence-electron chi connectivity index (χ2n) is 19.0. The fourth-order valence-electron chi connectivity index (χ4n) is 7.18. The summed E-state index contributed by atoms with van der Waals surface area (Å²) in [5, 5.41) is 0.136. The van der Waals surface area contributed by atoms with Crippen molar-refractivity contribution in [2.24, 2.45) is 0 Å². The van der Waals surface area contributed by atoms with E-state index in [0.29, 0.717) is 25.1 Å². The molecule has 3 amide bonds. The molecule has 2 aromatic carbocycles. The van der Waals surface area contributed by atoms with Crippen LogP contribution >= 0.6 is 0 Å². The van der Waals surface area contributed by atoms with Crippen LogP contribution in [0.4, 0.5) is 9.59 Å². The van der Waals surface area contributed by atoms with Gasteiger partial charge in [-0.2, -0.15) is 0 Å². The molecule has 0 aromatic heterocycles. The second-order valence-corrected chi connectivity index (χ2v) is 23.8. The number of benzene rings is 2. The number of piperazine rings is 1. The van der Waals surface area contributed by atoms with Gasteiger partial charge in [-0.15, -0.1) is 0 Å². The number of hydrogen-bond donors (Lipinski definition) is 0. The summed E-state index contributed by atoms with van der Waals surface area (Å²) in [4.78, 5) is 48.5. The highest BCUT2D eigenvalue weighted by Gasteiger charge is 2.51. The highest BCUT2D eigenvalue weighted by molar-refractivity contribution is 6.74. The van der Waals surface area contributed by atoms with E-state index in [2.05, 4.69) is 58.1 Å². The first-order chi connectivity index (χ1) is 25.5. The fourth-order valence-corrected chi connectivity index (χ4v) is 8.22. The normalized spacial score (nSPS) is 19.3. The SMILES string of the molecule is COc1cccc(CN(C(=O)C2=C(c3ccc(CCO[Si](C)(C)C(C)(C)C)cc3)CC3CN(C(=O)OC(C)(C)C)CC2N3C(=O)OC(C)(C)C)C2CC2)c1C. The van der Waals surface area contributed by atoms with Crippen LogP contribution in [0.15, 0.2) is 48.0 Å². The molecular weight excluding hydrogens is 711 g/mol. The summed E-state index contributed by atoms with van der Waals surface area (Å²) in [5.74, 6) is 0.641. The minimum Gasteiger partial charge on any atom is -0.496 e. The lowest BCUT2D eigenvalue weighted by Crippen LogP contribution is -2.66. The predicted octanol–water partition coefficient (Wildman–Crippen LogP) is 9.14. The van der Waals surface area contributed by atoms with Crippen molar-refractivity contribution in [1.82, 2.24) is 14.7 Å². The molecule has 2 aliphatic heterocycles. The highest BCUT2D eigenvalue weighted by atomic mass is 28.4. The maximum Gasteiger partial charge on any atom is 0.411 e. The van der Waals surface area contributed by atoms with Crippen LogP contribution in [0.25, 0.3) is 5.57 Å². The van der Waals surface area contributed by atoms with Crippen molar-refractivity contribution in [2.45, 2.75) is 149 Å². The van der Waals surface area contributed by atoms with E-state index in [-0.39, 0.29) is 30.1 Å². The lowest BCUT2D eigenvalue weighted by molar-refractivity contribution is -0.129. The Hall–Kier alpha value is -3.83. The zero-order valence-electron chi connectivity index (χ0n) is 35.6. The van der Waals surface area contributed by atoms with Crippen molar-refractivity contribution in [3.63, 3.8) is 0 Å². The van der Waals surface area contributed by atoms with Gasteiger partial charge in [0.15, 0.2) is 8.32 Å². The van der Waals surface area contributed by atoms with Gasteiger partial charge in [0.2, 0.25) is 0 Å². The zero-order chi connectivity index (χ0) is 40.7. The molecule has 1 saturated carbocycles. The molecule has 2 aromatic rings. The van der Waals surface area contributed by atoms with Crippen molar-refractivity contribution in [3.8, 4) is 5.75 Å². The number of amides is 3. The molecule has 55 heavy (non-hydrogen) atoms. The van der Waals surface area contributed by atoms with Crippen LogP contribution in [-0.4, -0.2) is 97.2 Å². The van der Waals surface area contributed by atoms with E-state index >= 15 is 4.79 Å². The monoisotopic (exact) mass is 775 g/mol. The van der Waals surface area contributed by atoms with E-state index < -0.39 is 43.8 Å². The standard InChI is InChI=1S/C44H65N3O7Si/c1-29-32(15-14-16-37(29)51-11)26-46(33-21-22-33)39(48)38-35(31-19-17-30(18-20-31)23-24-52-55(12,13)44(8,9)10)25-34-27-45(40(49)53-42(2,3)4)28-36(38)47(34)41(50)54-43(5,6)7/h14-20,33-34,36H,21-28H2,1-13H3. The van der Waals surface area contributed by atoms with Gasteiger partial charge < -0.3 is 28.4 Å². The Morgan fingerprint density at radius 2 is 1.47 bits per heavy atom.